The van der Waals surface area contributed by atoms with Gasteiger partial charge in [-0.2, -0.15) is 0 Å². The molecule has 5 rings (SSSR count). The topological polar surface area (TPSA) is 74.2 Å². The second-order valence-corrected chi connectivity index (χ2v) is 8.96. The summed E-state index contributed by atoms with van der Waals surface area (Å²) in [5.41, 5.74) is 2.16. The summed E-state index contributed by atoms with van der Waals surface area (Å²) in [6.07, 6.45) is 4.39. The van der Waals surface area contributed by atoms with Crippen molar-refractivity contribution in [1.82, 2.24) is 19.7 Å². The van der Waals surface area contributed by atoms with Crippen LogP contribution in [0.15, 0.2) is 59.9 Å². The Morgan fingerprint density at radius 2 is 1.91 bits per heavy atom. The number of H-pyrrole nitrogens is 1. The van der Waals surface area contributed by atoms with Gasteiger partial charge in [-0.1, -0.05) is 30.0 Å². The average Bonchev–Trinajstić information content (AvgIpc) is 3.59. The zero-order valence-electron chi connectivity index (χ0n) is 18.7. The molecule has 0 spiro atoms. The maximum absolute atomic E-state index is 5.92. The van der Waals surface area contributed by atoms with E-state index in [2.05, 4.69) is 31.9 Å². The van der Waals surface area contributed by atoms with E-state index < -0.39 is 0 Å². The molecule has 1 aliphatic heterocycles. The molecule has 1 N–H and O–H groups in total. The first-order valence-corrected chi connectivity index (χ1v) is 12.4. The molecule has 0 saturated carbocycles. The van der Waals surface area contributed by atoms with Crippen molar-refractivity contribution in [3.63, 3.8) is 0 Å². The van der Waals surface area contributed by atoms with Gasteiger partial charge >= 0.3 is 0 Å². The third-order valence-corrected chi connectivity index (χ3v) is 6.61. The van der Waals surface area contributed by atoms with Crippen molar-refractivity contribution in [3.8, 4) is 22.9 Å². The summed E-state index contributed by atoms with van der Waals surface area (Å²) in [5, 5.41) is 11.1. The zero-order chi connectivity index (χ0) is 22.5. The van der Waals surface area contributed by atoms with Gasteiger partial charge in [0.15, 0.2) is 11.0 Å². The number of fused-ring (bicyclic) bond motifs is 1. The molecule has 2 aromatic heterocycles. The Kier molecular flexibility index (Phi) is 6.83. The van der Waals surface area contributed by atoms with Gasteiger partial charge in [0.25, 0.3) is 0 Å². The van der Waals surface area contributed by atoms with Crippen LogP contribution in [0.3, 0.4) is 0 Å². The van der Waals surface area contributed by atoms with Crippen LogP contribution in [-0.4, -0.2) is 51.4 Å². The Morgan fingerprint density at radius 3 is 2.70 bits per heavy atom. The minimum atomic E-state index is 0.199. The molecule has 2 aromatic carbocycles. The minimum absolute atomic E-state index is 0.199. The van der Waals surface area contributed by atoms with Crippen molar-refractivity contribution < 1.29 is 14.2 Å². The van der Waals surface area contributed by atoms with E-state index in [9.17, 15) is 0 Å². The van der Waals surface area contributed by atoms with Crippen LogP contribution < -0.4 is 9.47 Å². The Labute approximate surface area is 197 Å². The Morgan fingerprint density at radius 1 is 1.09 bits per heavy atom. The molecule has 1 saturated heterocycles. The third kappa shape index (κ3) is 5.02. The highest BCUT2D eigenvalue weighted by Crippen LogP contribution is 2.31. The fourth-order valence-electron chi connectivity index (χ4n) is 4.10. The number of nitrogens with zero attached hydrogens (tertiary/aromatic N) is 3. The maximum Gasteiger partial charge on any atom is 0.191 e. The molecule has 4 aromatic rings. The number of aromatic nitrogens is 4. The van der Waals surface area contributed by atoms with Crippen LogP contribution in [0.2, 0.25) is 0 Å². The minimum Gasteiger partial charge on any atom is -0.494 e. The number of benzene rings is 2. The van der Waals surface area contributed by atoms with Crippen LogP contribution in [0.5, 0.6) is 11.5 Å². The Bertz CT molecular complexity index is 1180. The van der Waals surface area contributed by atoms with Gasteiger partial charge in [0.2, 0.25) is 0 Å². The molecular formula is C25H28N4O3S. The smallest absolute Gasteiger partial charge is 0.191 e. The maximum atomic E-state index is 5.92. The van der Waals surface area contributed by atoms with Gasteiger partial charge in [0.1, 0.15) is 11.5 Å². The summed E-state index contributed by atoms with van der Waals surface area (Å²) < 4.78 is 19.5. The molecule has 3 heterocycles. The number of aromatic amines is 1. The lowest BCUT2D eigenvalue weighted by Gasteiger charge is -2.14. The van der Waals surface area contributed by atoms with Gasteiger partial charge in [-0.05, 0) is 50.1 Å². The fourth-order valence-corrected chi connectivity index (χ4v) is 4.86. The molecule has 7 nitrogen and oxygen atoms in total. The van der Waals surface area contributed by atoms with Crippen LogP contribution in [0.1, 0.15) is 19.8 Å². The SMILES string of the molecule is CCOc1ccc(OCCSc2nnc(-c3c[nH]c4ccccc34)n2CC2CCCO2)cc1. The van der Waals surface area contributed by atoms with E-state index in [1.54, 1.807) is 11.8 Å². The summed E-state index contributed by atoms with van der Waals surface area (Å²) in [6.45, 7) is 4.79. The lowest BCUT2D eigenvalue weighted by Crippen LogP contribution is -2.17. The van der Waals surface area contributed by atoms with Crippen molar-refractivity contribution >= 4 is 22.7 Å². The molecule has 1 unspecified atom stereocenters. The van der Waals surface area contributed by atoms with E-state index in [4.69, 9.17) is 14.2 Å². The Balaban J connectivity index is 1.29. The molecule has 33 heavy (non-hydrogen) atoms. The zero-order valence-corrected chi connectivity index (χ0v) is 19.5. The molecule has 0 bridgehead atoms. The highest BCUT2D eigenvalue weighted by molar-refractivity contribution is 7.99. The van der Waals surface area contributed by atoms with E-state index in [1.807, 2.05) is 49.5 Å². The first-order chi connectivity index (χ1) is 16.3. The molecule has 0 radical (unpaired) electrons. The van der Waals surface area contributed by atoms with Crippen LogP contribution in [-0.2, 0) is 11.3 Å². The second kappa shape index (κ2) is 10.3. The third-order valence-electron chi connectivity index (χ3n) is 5.68. The van der Waals surface area contributed by atoms with Crippen molar-refractivity contribution in [1.29, 1.82) is 0 Å². The largest absolute Gasteiger partial charge is 0.494 e. The average molecular weight is 465 g/mol. The molecule has 0 amide bonds. The molecule has 1 aliphatic rings. The highest BCUT2D eigenvalue weighted by atomic mass is 32.2. The molecule has 1 fully saturated rings. The number of nitrogens with one attached hydrogen (secondary N) is 1. The van der Waals surface area contributed by atoms with E-state index in [0.29, 0.717) is 13.2 Å². The number of ether oxygens (including phenoxy) is 3. The van der Waals surface area contributed by atoms with E-state index >= 15 is 0 Å². The van der Waals surface area contributed by atoms with E-state index in [0.717, 1.165) is 70.7 Å². The summed E-state index contributed by atoms with van der Waals surface area (Å²) >= 11 is 1.66. The van der Waals surface area contributed by atoms with Gasteiger partial charge in [-0.15, -0.1) is 10.2 Å². The second-order valence-electron chi connectivity index (χ2n) is 7.90. The molecular weight excluding hydrogens is 436 g/mol. The molecule has 172 valence electrons. The van der Waals surface area contributed by atoms with Gasteiger partial charge < -0.3 is 19.2 Å². The lowest BCUT2D eigenvalue weighted by atomic mass is 10.1. The highest BCUT2D eigenvalue weighted by Gasteiger charge is 2.23. The Hall–Kier alpha value is -2.97. The number of hydrogen-bond donors (Lipinski definition) is 1. The van der Waals surface area contributed by atoms with E-state index in [-0.39, 0.29) is 6.10 Å². The van der Waals surface area contributed by atoms with Crippen molar-refractivity contribution in [2.24, 2.45) is 0 Å². The van der Waals surface area contributed by atoms with E-state index in [1.165, 1.54) is 0 Å². The fraction of sp³-hybridized carbons (Fsp3) is 0.360. The van der Waals surface area contributed by atoms with Crippen molar-refractivity contribution in [2.75, 3.05) is 25.6 Å². The molecule has 0 aliphatic carbocycles. The van der Waals surface area contributed by atoms with Gasteiger partial charge in [-0.3, -0.25) is 4.57 Å². The monoisotopic (exact) mass is 464 g/mol. The summed E-state index contributed by atoms with van der Waals surface area (Å²) in [7, 11) is 0. The van der Waals surface area contributed by atoms with Gasteiger partial charge in [-0.25, -0.2) is 0 Å². The normalized spacial score (nSPS) is 15.8. The van der Waals surface area contributed by atoms with Crippen LogP contribution in [0.25, 0.3) is 22.3 Å². The predicted octanol–water partition coefficient (Wildman–Crippen LogP) is 5.18. The van der Waals surface area contributed by atoms with Gasteiger partial charge in [0, 0.05) is 35.0 Å². The summed E-state index contributed by atoms with van der Waals surface area (Å²) in [6, 6.07) is 16.0. The summed E-state index contributed by atoms with van der Waals surface area (Å²) in [5.74, 6) is 3.33. The first kappa shape index (κ1) is 21.9. The van der Waals surface area contributed by atoms with Crippen LogP contribution in [0, 0.1) is 0 Å². The summed E-state index contributed by atoms with van der Waals surface area (Å²) in [4.78, 5) is 3.35. The number of para-hydroxylation sites is 1. The number of thioether (sulfide) groups is 1. The van der Waals surface area contributed by atoms with Crippen molar-refractivity contribution in [2.45, 2.75) is 37.6 Å². The molecule has 8 heteroatoms. The first-order valence-electron chi connectivity index (χ1n) is 11.4. The predicted molar refractivity (Wildman–Crippen MR) is 130 cm³/mol. The van der Waals surface area contributed by atoms with Crippen molar-refractivity contribution in [3.05, 3.63) is 54.7 Å². The number of hydrogen-bond acceptors (Lipinski definition) is 6. The number of rotatable bonds is 10. The van der Waals surface area contributed by atoms with Crippen LogP contribution >= 0.6 is 11.8 Å². The standard InChI is InChI=1S/C25H28N4O3S/c1-2-30-18-9-11-19(12-10-18)32-14-15-33-25-28-27-24(29(25)17-20-6-5-13-31-20)22-16-26-23-8-4-3-7-21(22)23/h3-4,7-12,16,20,26H,2,5-6,13-15,17H2,1H3. The molecule has 1 atom stereocenters. The van der Waals surface area contributed by atoms with Gasteiger partial charge in [0.05, 0.1) is 25.9 Å². The lowest BCUT2D eigenvalue weighted by molar-refractivity contribution is 0.0953. The van der Waals surface area contributed by atoms with Crippen LogP contribution in [0.4, 0.5) is 0 Å². The quantitative estimate of drug-likeness (QED) is 0.258.